The molecule has 0 aliphatic heterocycles. The number of hydrogen-bond donors (Lipinski definition) is 0. The zero-order chi connectivity index (χ0) is 8.53. The Kier molecular flexibility index (Phi) is 6.02. The Morgan fingerprint density at radius 2 is 2.18 bits per heavy atom. The fourth-order valence-corrected chi connectivity index (χ4v) is 0.572. The average Bonchev–Trinajstić information content (AvgIpc) is 2.05. The van der Waals surface area contributed by atoms with Crippen molar-refractivity contribution in [2.24, 2.45) is 0 Å². The van der Waals surface area contributed by atoms with Crippen molar-refractivity contribution >= 4 is 0 Å². The summed E-state index contributed by atoms with van der Waals surface area (Å²) in [5.74, 6) is 0. The zero-order valence-electron chi connectivity index (χ0n) is 7.04. The van der Waals surface area contributed by atoms with E-state index in [1.54, 1.807) is 12.2 Å². The molecule has 0 spiro atoms. The van der Waals surface area contributed by atoms with Gasteiger partial charge in [0.15, 0.2) is 0 Å². The van der Waals surface area contributed by atoms with Gasteiger partial charge < -0.3 is 0 Å². The fourth-order valence-electron chi connectivity index (χ4n) is 0.572. The largest absolute Gasteiger partial charge is 0.192 e. The van der Waals surface area contributed by atoms with Crippen LogP contribution >= 0.6 is 0 Å². The van der Waals surface area contributed by atoms with E-state index >= 15 is 0 Å². The zero-order valence-corrected chi connectivity index (χ0v) is 7.04. The van der Waals surface area contributed by atoms with Crippen molar-refractivity contribution in [2.45, 2.75) is 20.3 Å². The van der Waals surface area contributed by atoms with Crippen LogP contribution in [0, 0.1) is 11.3 Å². The maximum Gasteiger partial charge on any atom is 0.0988 e. The van der Waals surface area contributed by atoms with E-state index < -0.39 is 0 Å². The highest BCUT2D eigenvalue weighted by Gasteiger charge is 1.80. The first-order valence-electron chi connectivity index (χ1n) is 3.74. The van der Waals surface area contributed by atoms with Crippen LogP contribution in [0.15, 0.2) is 36.0 Å². The second-order valence-electron chi connectivity index (χ2n) is 2.05. The van der Waals surface area contributed by atoms with Crippen molar-refractivity contribution in [3.05, 3.63) is 36.0 Å². The average molecular weight is 147 g/mol. The molecule has 0 heterocycles. The molecular formula is C10H13N. The van der Waals surface area contributed by atoms with Gasteiger partial charge in [0.2, 0.25) is 0 Å². The predicted octanol–water partition coefficient (Wildman–Crippen LogP) is 2.98. The third-order valence-electron chi connectivity index (χ3n) is 1.20. The molecule has 0 aliphatic carbocycles. The molecule has 0 N–H and O–H groups in total. The summed E-state index contributed by atoms with van der Waals surface area (Å²) in [7, 11) is 0. The lowest BCUT2D eigenvalue weighted by Crippen LogP contribution is -1.66. The summed E-state index contributed by atoms with van der Waals surface area (Å²) < 4.78 is 0. The summed E-state index contributed by atoms with van der Waals surface area (Å²) in [5.41, 5.74) is 0.700. The standard InChI is InChI=1S/C10H13N/c1-3-5-6-7-8-10(4-2)9-11/h4-8H,3H2,1-2H3/b6-5-,8-7-,10-4+. The van der Waals surface area contributed by atoms with Gasteiger partial charge in [-0.05, 0) is 19.4 Å². The second-order valence-corrected chi connectivity index (χ2v) is 2.05. The minimum Gasteiger partial charge on any atom is -0.192 e. The van der Waals surface area contributed by atoms with Crippen molar-refractivity contribution in [2.75, 3.05) is 0 Å². The van der Waals surface area contributed by atoms with Crippen LogP contribution in [0.4, 0.5) is 0 Å². The molecule has 0 rings (SSSR count). The monoisotopic (exact) mass is 147 g/mol. The molecule has 0 fully saturated rings. The SMILES string of the molecule is C\C=C(C#N)/C=C\C=C/CC. The minimum atomic E-state index is 0.700. The molecule has 58 valence electrons. The van der Waals surface area contributed by atoms with Crippen LogP contribution < -0.4 is 0 Å². The summed E-state index contributed by atoms with van der Waals surface area (Å²) in [6, 6.07) is 2.07. The summed E-state index contributed by atoms with van der Waals surface area (Å²) in [6.45, 7) is 3.93. The van der Waals surface area contributed by atoms with Gasteiger partial charge in [0.1, 0.15) is 0 Å². The lowest BCUT2D eigenvalue weighted by Gasteiger charge is -1.80. The Morgan fingerprint density at radius 1 is 1.45 bits per heavy atom. The smallest absolute Gasteiger partial charge is 0.0988 e. The minimum absolute atomic E-state index is 0.700. The van der Waals surface area contributed by atoms with E-state index in [0.29, 0.717) is 5.57 Å². The Balaban J connectivity index is 3.94. The van der Waals surface area contributed by atoms with Crippen molar-refractivity contribution in [1.29, 1.82) is 5.26 Å². The van der Waals surface area contributed by atoms with E-state index in [1.807, 2.05) is 25.2 Å². The summed E-state index contributed by atoms with van der Waals surface area (Å²) in [6.07, 6.45) is 10.5. The number of rotatable bonds is 3. The first-order valence-corrected chi connectivity index (χ1v) is 3.74. The normalized spacial score (nSPS) is 12.6. The van der Waals surface area contributed by atoms with Crippen LogP contribution in [0.5, 0.6) is 0 Å². The fraction of sp³-hybridized carbons (Fsp3) is 0.300. The molecule has 0 aliphatic rings. The molecule has 0 aromatic rings. The molecule has 0 unspecified atom stereocenters. The van der Waals surface area contributed by atoms with Gasteiger partial charge in [-0.3, -0.25) is 0 Å². The molecule has 0 bridgehead atoms. The molecule has 0 amide bonds. The molecule has 0 aromatic carbocycles. The van der Waals surface area contributed by atoms with Crippen LogP contribution in [-0.4, -0.2) is 0 Å². The van der Waals surface area contributed by atoms with Crippen LogP contribution in [0.1, 0.15) is 20.3 Å². The molecule has 0 aromatic heterocycles. The predicted molar refractivity (Wildman–Crippen MR) is 47.9 cm³/mol. The maximum absolute atomic E-state index is 8.49. The van der Waals surface area contributed by atoms with Crippen molar-refractivity contribution in [3.8, 4) is 6.07 Å². The van der Waals surface area contributed by atoms with Gasteiger partial charge in [0.05, 0.1) is 6.07 Å². The highest BCUT2D eigenvalue weighted by atomic mass is 14.2. The lowest BCUT2D eigenvalue weighted by atomic mass is 10.2. The topological polar surface area (TPSA) is 23.8 Å². The molecule has 0 atom stereocenters. The van der Waals surface area contributed by atoms with Gasteiger partial charge in [-0.25, -0.2) is 0 Å². The quantitative estimate of drug-likeness (QED) is 0.444. The van der Waals surface area contributed by atoms with Crippen LogP contribution in [0.3, 0.4) is 0 Å². The highest BCUT2D eigenvalue weighted by molar-refractivity contribution is 5.33. The molecule has 1 heteroatoms. The Hall–Kier alpha value is -1.29. The van der Waals surface area contributed by atoms with E-state index in [9.17, 15) is 0 Å². The van der Waals surface area contributed by atoms with E-state index in [0.717, 1.165) is 6.42 Å². The summed E-state index contributed by atoms with van der Waals surface area (Å²) in [4.78, 5) is 0. The van der Waals surface area contributed by atoms with Gasteiger partial charge in [0, 0.05) is 5.57 Å². The summed E-state index contributed by atoms with van der Waals surface area (Å²) >= 11 is 0. The summed E-state index contributed by atoms with van der Waals surface area (Å²) in [5, 5.41) is 8.49. The first kappa shape index (κ1) is 9.71. The maximum atomic E-state index is 8.49. The van der Waals surface area contributed by atoms with Crippen molar-refractivity contribution in [3.63, 3.8) is 0 Å². The molecular weight excluding hydrogens is 134 g/mol. The second kappa shape index (κ2) is 6.82. The Labute approximate surface area is 68.3 Å². The first-order chi connectivity index (χ1) is 5.35. The number of hydrogen-bond acceptors (Lipinski definition) is 1. The van der Waals surface area contributed by atoms with Gasteiger partial charge >= 0.3 is 0 Å². The van der Waals surface area contributed by atoms with Crippen LogP contribution in [0.25, 0.3) is 0 Å². The van der Waals surface area contributed by atoms with Gasteiger partial charge in [0.25, 0.3) is 0 Å². The van der Waals surface area contributed by atoms with E-state index in [1.165, 1.54) is 0 Å². The van der Waals surface area contributed by atoms with E-state index in [2.05, 4.69) is 13.0 Å². The lowest BCUT2D eigenvalue weighted by molar-refractivity contribution is 1.22. The Bertz CT molecular complexity index is 214. The molecule has 0 radical (unpaired) electrons. The molecule has 0 saturated carbocycles. The number of nitriles is 1. The van der Waals surface area contributed by atoms with Crippen LogP contribution in [0.2, 0.25) is 0 Å². The molecule has 1 nitrogen and oxygen atoms in total. The third kappa shape index (κ3) is 5.17. The number of nitrogens with zero attached hydrogens (tertiary/aromatic N) is 1. The highest BCUT2D eigenvalue weighted by Crippen LogP contribution is 1.94. The molecule has 0 saturated heterocycles. The van der Waals surface area contributed by atoms with Gasteiger partial charge in [-0.2, -0.15) is 5.26 Å². The van der Waals surface area contributed by atoms with Crippen LogP contribution in [-0.2, 0) is 0 Å². The Morgan fingerprint density at radius 3 is 2.64 bits per heavy atom. The number of allylic oxidation sites excluding steroid dienone is 6. The third-order valence-corrected chi connectivity index (χ3v) is 1.20. The molecule has 11 heavy (non-hydrogen) atoms. The van der Waals surface area contributed by atoms with E-state index in [-0.39, 0.29) is 0 Å². The van der Waals surface area contributed by atoms with Crippen molar-refractivity contribution in [1.82, 2.24) is 0 Å². The van der Waals surface area contributed by atoms with E-state index in [4.69, 9.17) is 5.26 Å². The van der Waals surface area contributed by atoms with Gasteiger partial charge in [-0.1, -0.05) is 31.2 Å². The van der Waals surface area contributed by atoms with Crippen molar-refractivity contribution < 1.29 is 0 Å². The van der Waals surface area contributed by atoms with Gasteiger partial charge in [-0.15, -0.1) is 0 Å².